The number of allylic oxidation sites excluding steroid dienone is 5. The van der Waals surface area contributed by atoms with Gasteiger partial charge in [-0.05, 0) is 106 Å². The predicted octanol–water partition coefficient (Wildman–Crippen LogP) is 10.2. The summed E-state index contributed by atoms with van der Waals surface area (Å²) in [5.74, 6) is 1.82. The maximum atomic E-state index is 9.51. The minimum atomic E-state index is -0.214. The molecule has 4 N–H and O–H groups in total. The summed E-state index contributed by atoms with van der Waals surface area (Å²) in [4.78, 5) is 9.88. The number of hydrogen-bond donors (Lipinski definition) is 3. The highest BCUT2D eigenvalue weighted by Gasteiger charge is 2.46. The van der Waals surface area contributed by atoms with Crippen LogP contribution in [0.4, 0.5) is 0 Å². The highest BCUT2D eigenvalue weighted by molar-refractivity contribution is 6.23. The number of aliphatic hydroxyl groups is 1. The van der Waals surface area contributed by atoms with E-state index in [-0.39, 0.29) is 17.6 Å². The first-order valence-electron chi connectivity index (χ1n) is 20.4. The molecule has 1 aliphatic heterocycles. The first kappa shape index (κ1) is 43.8. The quantitative estimate of drug-likeness (QED) is 0.134. The van der Waals surface area contributed by atoms with Crippen LogP contribution in [-0.4, -0.2) is 65.5 Å². The summed E-state index contributed by atoms with van der Waals surface area (Å²) >= 11 is 0. The number of nitrogens with two attached hydrogens (primary N) is 1. The second-order valence-corrected chi connectivity index (χ2v) is 16.1. The van der Waals surface area contributed by atoms with Crippen molar-refractivity contribution in [2.45, 2.75) is 119 Å². The lowest BCUT2D eigenvalue weighted by Gasteiger charge is -2.45. The van der Waals surface area contributed by atoms with E-state index in [4.69, 9.17) is 10.7 Å². The van der Waals surface area contributed by atoms with Crippen LogP contribution in [0.1, 0.15) is 124 Å². The van der Waals surface area contributed by atoms with Gasteiger partial charge in [0.15, 0.2) is 0 Å². The molecule has 1 heterocycles. The van der Waals surface area contributed by atoms with Gasteiger partial charge in [0.05, 0.1) is 6.61 Å². The van der Waals surface area contributed by atoms with Gasteiger partial charge < -0.3 is 21.1 Å². The molecule has 2 bridgehead atoms. The van der Waals surface area contributed by atoms with Gasteiger partial charge in [0, 0.05) is 66.4 Å². The Morgan fingerprint density at radius 1 is 0.925 bits per heavy atom. The fourth-order valence-electron chi connectivity index (χ4n) is 8.45. The second-order valence-electron chi connectivity index (χ2n) is 16.1. The molecule has 5 rings (SSSR count). The van der Waals surface area contributed by atoms with Gasteiger partial charge in [0.1, 0.15) is 5.82 Å². The second kappa shape index (κ2) is 19.6. The van der Waals surface area contributed by atoms with E-state index in [1.54, 1.807) is 0 Å². The van der Waals surface area contributed by atoms with E-state index < -0.39 is 0 Å². The average Bonchev–Trinajstić information content (AvgIpc) is 3.74. The topological polar surface area (TPSA) is 77.1 Å². The Morgan fingerprint density at radius 3 is 2.08 bits per heavy atom. The number of β-amino-alcohol motifs (C(OH)–C–C–N with tert-alkyl or cyclic N) is 1. The summed E-state index contributed by atoms with van der Waals surface area (Å²) in [6.07, 6.45) is 10.1. The van der Waals surface area contributed by atoms with Crippen LogP contribution in [0.5, 0.6) is 0 Å². The standard InChI is InChI=1S/C43H61N5O.2C2H6/c1-31(27-39(48-23-21-47(22-24-48)25-26-49)45-34(4)40(33(3)44)36-13-10-9-11-14-36)37-15-12-16-38(28-37)41(5,6)42(7,8)46-32(2)29-43-19-17-35(30-43)18-20-43;2*1-2/h9-16,27-28,35,46,49H,1-2,17-26,29-30,44H2,3-8H3;2*1-2H3/b39-27+,40-33+,45-34+;;. The molecule has 0 aromatic heterocycles. The largest absolute Gasteiger partial charge is 0.402 e. The van der Waals surface area contributed by atoms with Crippen molar-refractivity contribution >= 4 is 16.9 Å². The Balaban J connectivity index is 0.00000183. The fraction of sp³-hybridized carbons (Fsp3) is 0.553. The van der Waals surface area contributed by atoms with E-state index in [0.717, 1.165) is 78.0 Å². The summed E-state index contributed by atoms with van der Waals surface area (Å²) in [7, 11) is 0. The van der Waals surface area contributed by atoms with Crippen molar-refractivity contribution in [3.63, 3.8) is 0 Å². The van der Waals surface area contributed by atoms with Crippen molar-refractivity contribution in [3.8, 4) is 0 Å². The Morgan fingerprint density at radius 2 is 1.53 bits per heavy atom. The maximum Gasteiger partial charge on any atom is 0.129 e. The van der Waals surface area contributed by atoms with Crippen molar-refractivity contribution in [1.29, 1.82) is 0 Å². The van der Waals surface area contributed by atoms with Crippen molar-refractivity contribution < 1.29 is 5.11 Å². The van der Waals surface area contributed by atoms with Crippen LogP contribution in [0.15, 0.2) is 96.0 Å². The number of rotatable bonds is 14. The Labute approximate surface area is 324 Å². The van der Waals surface area contributed by atoms with Gasteiger partial charge in [-0.25, -0.2) is 4.99 Å². The molecule has 6 nitrogen and oxygen atoms in total. The van der Waals surface area contributed by atoms with Crippen LogP contribution in [-0.2, 0) is 5.41 Å². The first-order valence-corrected chi connectivity index (χ1v) is 20.4. The number of fused-ring (bicyclic) bond motifs is 2. The number of hydrogen-bond acceptors (Lipinski definition) is 6. The maximum absolute atomic E-state index is 9.51. The van der Waals surface area contributed by atoms with E-state index in [0.29, 0.717) is 12.0 Å². The zero-order valence-corrected chi connectivity index (χ0v) is 35.1. The number of aliphatic hydroxyl groups excluding tert-OH is 1. The Bertz CT molecular complexity index is 1580. The van der Waals surface area contributed by atoms with Crippen molar-refractivity contribution in [3.05, 3.63) is 108 Å². The minimum absolute atomic E-state index is 0.173. The van der Waals surface area contributed by atoms with Crippen LogP contribution in [0.25, 0.3) is 11.1 Å². The van der Waals surface area contributed by atoms with Crippen molar-refractivity contribution in [2.75, 3.05) is 39.3 Å². The van der Waals surface area contributed by atoms with Crippen LogP contribution >= 0.6 is 0 Å². The van der Waals surface area contributed by atoms with Crippen LogP contribution in [0.2, 0.25) is 0 Å². The molecule has 3 fully saturated rings. The molecular formula is C47H73N5O. The fourth-order valence-corrected chi connectivity index (χ4v) is 8.45. The van der Waals surface area contributed by atoms with Gasteiger partial charge >= 0.3 is 0 Å². The molecule has 292 valence electrons. The zero-order valence-electron chi connectivity index (χ0n) is 35.1. The molecule has 0 atom stereocenters. The minimum Gasteiger partial charge on any atom is -0.402 e. The van der Waals surface area contributed by atoms with E-state index in [2.05, 4.69) is 98.4 Å². The lowest BCUT2D eigenvalue weighted by molar-refractivity contribution is 0.131. The molecular weight excluding hydrogens is 651 g/mol. The molecule has 3 aliphatic rings. The van der Waals surface area contributed by atoms with Crippen molar-refractivity contribution in [2.24, 2.45) is 22.1 Å². The molecule has 0 unspecified atom stereocenters. The number of benzene rings is 2. The molecule has 1 saturated heterocycles. The first-order chi connectivity index (χ1) is 25.2. The third-order valence-corrected chi connectivity index (χ3v) is 12.0. The smallest absolute Gasteiger partial charge is 0.129 e. The normalized spacial score (nSPS) is 21.2. The number of nitrogens with one attached hydrogen (secondary N) is 1. The Kier molecular flexibility index (Phi) is 16.2. The van der Waals surface area contributed by atoms with Gasteiger partial charge in [-0.15, -0.1) is 0 Å². The van der Waals surface area contributed by atoms with E-state index in [9.17, 15) is 5.11 Å². The summed E-state index contributed by atoms with van der Waals surface area (Å²) in [6, 6.07) is 19.1. The molecule has 2 aliphatic carbocycles. The highest BCUT2D eigenvalue weighted by atomic mass is 16.3. The van der Waals surface area contributed by atoms with E-state index in [1.165, 1.54) is 43.4 Å². The highest BCUT2D eigenvalue weighted by Crippen LogP contribution is 2.57. The summed E-state index contributed by atoms with van der Waals surface area (Å²) in [5, 5.41) is 13.4. The molecule has 2 aromatic carbocycles. The lowest BCUT2D eigenvalue weighted by Crippen LogP contribution is -2.53. The Hall–Kier alpha value is -3.61. The number of piperazine rings is 1. The summed E-state index contributed by atoms with van der Waals surface area (Å²) in [6.45, 7) is 34.7. The number of aliphatic imine (C=N–C) groups is 1. The van der Waals surface area contributed by atoms with Gasteiger partial charge in [-0.2, -0.15) is 0 Å². The van der Waals surface area contributed by atoms with Crippen LogP contribution in [0.3, 0.4) is 0 Å². The molecule has 6 heteroatoms. The molecule has 0 amide bonds. The van der Waals surface area contributed by atoms with Crippen LogP contribution in [0, 0.1) is 11.3 Å². The van der Waals surface area contributed by atoms with E-state index in [1.807, 2.05) is 59.7 Å². The SMILES string of the molecule is C=C(CC12CCC(CC1)C2)NC(C)(C)C(C)(C)c1cccc(C(=C)\C=C(/N=C(C)/C(=C(/C)N)c2ccccc2)N2CCN(CCO)CC2)c1.CC.CC. The zero-order chi connectivity index (χ0) is 39.4. The van der Waals surface area contributed by atoms with Crippen LogP contribution < -0.4 is 11.1 Å². The third-order valence-electron chi connectivity index (χ3n) is 12.0. The van der Waals surface area contributed by atoms with Gasteiger partial charge in [-0.1, -0.05) is 109 Å². The monoisotopic (exact) mass is 724 g/mol. The number of nitrogens with zero attached hydrogens (tertiary/aromatic N) is 3. The van der Waals surface area contributed by atoms with Gasteiger partial charge in [0.2, 0.25) is 0 Å². The van der Waals surface area contributed by atoms with Gasteiger partial charge in [0.25, 0.3) is 0 Å². The summed E-state index contributed by atoms with van der Waals surface area (Å²) < 4.78 is 0. The van der Waals surface area contributed by atoms with Crippen molar-refractivity contribution in [1.82, 2.24) is 15.1 Å². The van der Waals surface area contributed by atoms with E-state index >= 15 is 0 Å². The molecule has 2 aromatic rings. The predicted molar refractivity (Wildman–Crippen MR) is 231 cm³/mol. The molecule has 53 heavy (non-hydrogen) atoms. The lowest BCUT2D eigenvalue weighted by atomic mass is 9.69. The van der Waals surface area contributed by atoms with Gasteiger partial charge in [-0.3, -0.25) is 4.90 Å². The average molecular weight is 724 g/mol. The summed E-state index contributed by atoms with van der Waals surface area (Å²) in [5.41, 5.74) is 14.6. The third kappa shape index (κ3) is 11.0. The molecule has 0 radical (unpaired) electrons. The molecule has 0 spiro atoms. The molecule has 2 saturated carbocycles.